The van der Waals surface area contributed by atoms with Crippen molar-refractivity contribution in [1.29, 1.82) is 0 Å². The highest BCUT2D eigenvalue weighted by Crippen LogP contribution is 2.25. The molecule has 1 N–H and O–H groups in total. The van der Waals surface area contributed by atoms with E-state index in [0.29, 0.717) is 6.54 Å². The predicted octanol–water partition coefficient (Wildman–Crippen LogP) is 3.22. The largest absolute Gasteiger partial charge is 0.349 e. The van der Waals surface area contributed by atoms with Gasteiger partial charge < -0.3 is 5.32 Å². The van der Waals surface area contributed by atoms with Crippen LogP contribution in [0.4, 0.5) is 0 Å². The summed E-state index contributed by atoms with van der Waals surface area (Å²) in [6.45, 7) is 10.9. The first-order valence-electron chi connectivity index (χ1n) is 9.43. The van der Waals surface area contributed by atoms with Crippen LogP contribution in [0.3, 0.4) is 0 Å². The van der Waals surface area contributed by atoms with Crippen LogP contribution in [-0.2, 0) is 20.2 Å². The highest BCUT2D eigenvalue weighted by molar-refractivity contribution is 7.89. The number of hydrogen-bond donors (Lipinski definition) is 1. The van der Waals surface area contributed by atoms with Gasteiger partial charge in [-0.2, -0.15) is 0 Å². The molecule has 0 aliphatic carbocycles. The van der Waals surface area contributed by atoms with Crippen molar-refractivity contribution in [3.8, 4) is 0 Å². The number of hydrogen-bond acceptors (Lipinski definition) is 3. The summed E-state index contributed by atoms with van der Waals surface area (Å²) in [6, 6.07) is 8.22. The lowest BCUT2D eigenvalue weighted by molar-refractivity contribution is -0.126. The Bertz CT molecular complexity index is 720. The van der Waals surface area contributed by atoms with Crippen LogP contribution in [0, 0.1) is 5.92 Å². The minimum atomic E-state index is -3.23. The van der Waals surface area contributed by atoms with Gasteiger partial charge >= 0.3 is 0 Å². The molecule has 6 heteroatoms. The van der Waals surface area contributed by atoms with Crippen molar-refractivity contribution in [1.82, 2.24) is 9.62 Å². The van der Waals surface area contributed by atoms with E-state index in [1.54, 1.807) is 6.92 Å². The average molecular weight is 381 g/mol. The third kappa shape index (κ3) is 5.07. The molecule has 0 bridgehead atoms. The molecule has 1 amide bonds. The second kappa shape index (κ2) is 8.09. The van der Waals surface area contributed by atoms with Crippen molar-refractivity contribution in [3.05, 3.63) is 35.4 Å². The lowest BCUT2D eigenvalue weighted by Crippen LogP contribution is -2.46. The van der Waals surface area contributed by atoms with Gasteiger partial charge in [-0.25, -0.2) is 12.7 Å². The molecule has 0 radical (unpaired) electrons. The highest BCUT2D eigenvalue weighted by atomic mass is 32.2. The summed E-state index contributed by atoms with van der Waals surface area (Å²) in [4.78, 5) is 12.6. The topological polar surface area (TPSA) is 66.5 Å². The Morgan fingerprint density at radius 3 is 2.42 bits per heavy atom. The van der Waals surface area contributed by atoms with E-state index in [1.807, 2.05) is 6.92 Å². The maximum atomic E-state index is 12.6. The lowest BCUT2D eigenvalue weighted by Gasteiger charge is -2.31. The summed E-state index contributed by atoms with van der Waals surface area (Å²) >= 11 is 0. The van der Waals surface area contributed by atoms with E-state index >= 15 is 0 Å². The monoisotopic (exact) mass is 380 g/mol. The number of carbonyl (C=O) groups excluding carboxylic acids is 1. The van der Waals surface area contributed by atoms with E-state index in [-0.39, 0.29) is 35.6 Å². The molecule has 1 aromatic carbocycles. The summed E-state index contributed by atoms with van der Waals surface area (Å²) in [5, 5.41) is 3.05. The maximum Gasteiger partial charge on any atom is 0.224 e. The van der Waals surface area contributed by atoms with Gasteiger partial charge in [-0.05, 0) is 43.2 Å². The van der Waals surface area contributed by atoms with E-state index < -0.39 is 10.0 Å². The lowest BCUT2D eigenvalue weighted by atomic mass is 9.86. The van der Waals surface area contributed by atoms with Crippen LogP contribution in [0.5, 0.6) is 0 Å². The third-order valence-corrected chi connectivity index (χ3v) is 7.00. The molecule has 0 aromatic heterocycles. The van der Waals surface area contributed by atoms with Crippen molar-refractivity contribution in [2.24, 2.45) is 5.92 Å². The molecule has 1 aliphatic heterocycles. The molecule has 146 valence electrons. The molecule has 1 fully saturated rings. The summed E-state index contributed by atoms with van der Waals surface area (Å²) in [7, 11) is -3.23. The Balaban J connectivity index is 2.00. The van der Waals surface area contributed by atoms with Crippen LogP contribution >= 0.6 is 0 Å². The van der Waals surface area contributed by atoms with Gasteiger partial charge in [0.2, 0.25) is 15.9 Å². The molecule has 0 unspecified atom stereocenters. The Morgan fingerprint density at radius 2 is 1.88 bits per heavy atom. The molecule has 26 heavy (non-hydrogen) atoms. The normalized spacial score (nSPS) is 20.6. The van der Waals surface area contributed by atoms with Crippen molar-refractivity contribution in [3.63, 3.8) is 0 Å². The molecule has 2 atom stereocenters. The Morgan fingerprint density at radius 1 is 1.27 bits per heavy atom. The minimum absolute atomic E-state index is 0.0617. The quantitative estimate of drug-likeness (QED) is 0.853. The van der Waals surface area contributed by atoms with Crippen LogP contribution in [0.25, 0.3) is 0 Å². The molecular weight excluding hydrogens is 348 g/mol. The van der Waals surface area contributed by atoms with E-state index in [4.69, 9.17) is 0 Å². The fourth-order valence-electron chi connectivity index (χ4n) is 3.28. The average Bonchev–Trinajstić information content (AvgIpc) is 2.61. The van der Waals surface area contributed by atoms with Gasteiger partial charge in [0.25, 0.3) is 0 Å². The van der Waals surface area contributed by atoms with Crippen LogP contribution < -0.4 is 5.32 Å². The number of nitrogens with one attached hydrogen (secondary N) is 1. The molecule has 1 aromatic rings. The predicted molar refractivity (Wildman–Crippen MR) is 105 cm³/mol. The highest BCUT2D eigenvalue weighted by Gasteiger charge is 2.31. The Labute approximate surface area is 158 Å². The van der Waals surface area contributed by atoms with E-state index in [9.17, 15) is 13.2 Å². The number of piperidine rings is 1. The van der Waals surface area contributed by atoms with Gasteiger partial charge in [0.1, 0.15) is 0 Å². The standard InChI is InChI=1S/C20H32N2O3S/c1-6-26(24,25)22-13-7-8-17(14-22)19(23)21-15(2)16-9-11-18(12-10-16)20(3,4)5/h9-12,15,17H,6-8,13-14H2,1-5H3,(H,21,23)/t15-,17-/m1/s1. The summed E-state index contributed by atoms with van der Waals surface area (Å²) in [5.41, 5.74) is 2.41. The number of sulfonamides is 1. The van der Waals surface area contributed by atoms with Crippen molar-refractivity contribution in [2.75, 3.05) is 18.8 Å². The zero-order valence-corrected chi connectivity index (χ0v) is 17.4. The number of benzene rings is 1. The van der Waals surface area contributed by atoms with Gasteiger partial charge in [-0.15, -0.1) is 0 Å². The van der Waals surface area contributed by atoms with Gasteiger partial charge in [0, 0.05) is 13.1 Å². The van der Waals surface area contributed by atoms with E-state index in [0.717, 1.165) is 18.4 Å². The summed E-state index contributed by atoms with van der Waals surface area (Å²) in [5.74, 6) is -0.257. The van der Waals surface area contributed by atoms with Gasteiger partial charge in [0.05, 0.1) is 17.7 Å². The Kier molecular flexibility index (Phi) is 6.51. The zero-order valence-electron chi connectivity index (χ0n) is 16.6. The van der Waals surface area contributed by atoms with Crippen LogP contribution in [0.1, 0.15) is 64.6 Å². The zero-order chi connectivity index (χ0) is 19.5. The molecule has 0 spiro atoms. The smallest absolute Gasteiger partial charge is 0.224 e. The second-order valence-electron chi connectivity index (χ2n) is 8.20. The Hall–Kier alpha value is -1.40. The number of nitrogens with zero attached hydrogens (tertiary/aromatic N) is 1. The van der Waals surface area contributed by atoms with Crippen LogP contribution in [-0.4, -0.2) is 37.5 Å². The number of amides is 1. The van der Waals surface area contributed by atoms with E-state index in [1.165, 1.54) is 9.87 Å². The van der Waals surface area contributed by atoms with Gasteiger partial charge in [-0.3, -0.25) is 4.79 Å². The molecule has 2 rings (SSSR count). The fourth-order valence-corrected chi connectivity index (χ4v) is 4.46. The van der Waals surface area contributed by atoms with Crippen molar-refractivity contribution < 1.29 is 13.2 Å². The molecule has 1 aliphatic rings. The van der Waals surface area contributed by atoms with Gasteiger partial charge in [0.15, 0.2) is 0 Å². The molecule has 0 saturated carbocycles. The third-order valence-electron chi connectivity index (χ3n) is 5.15. The molecule has 5 nitrogen and oxygen atoms in total. The van der Waals surface area contributed by atoms with E-state index in [2.05, 4.69) is 50.4 Å². The van der Waals surface area contributed by atoms with Crippen LogP contribution in [0.15, 0.2) is 24.3 Å². The number of carbonyl (C=O) groups is 1. The minimum Gasteiger partial charge on any atom is -0.349 e. The summed E-state index contributed by atoms with van der Waals surface area (Å²) in [6.07, 6.45) is 1.46. The molecule has 1 saturated heterocycles. The first-order chi connectivity index (χ1) is 12.0. The molecule has 1 heterocycles. The maximum absolute atomic E-state index is 12.6. The summed E-state index contributed by atoms with van der Waals surface area (Å²) < 4.78 is 25.6. The van der Waals surface area contributed by atoms with Crippen molar-refractivity contribution >= 4 is 15.9 Å². The van der Waals surface area contributed by atoms with Gasteiger partial charge in [-0.1, -0.05) is 45.0 Å². The molecular formula is C20H32N2O3S. The fraction of sp³-hybridized carbons (Fsp3) is 0.650. The van der Waals surface area contributed by atoms with Crippen molar-refractivity contribution in [2.45, 2.75) is 58.9 Å². The van der Waals surface area contributed by atoms with Crippen LogP contribution in [0.2, 0.25) is 0 Å². The first kappa shape index (κ1) is 20.9. The first-order valence-corrected chi connectivity index (χ1v) is 11.0. The SMILES string of the molecule is CCS(=O)(=O)N1CCC[C@@H](C(=O)N[C@H](C)c2ccc(C(C)(C)C)cc2)C1. The second-order valence-corrected chi connectivity index (χ2v) is 10.5. The number of rotatable bonds is 5.